The lowest BCUT2D eigenvalue weighted by Gasteiger charge is -2.34. The second kappa shape index (κ2) is 5.30. The van der Waals surface area contributed by atoms with Crippen LogP contribution in [-0.2, 0) is 13.5 Å². The van der Waals surface area contributed by atoms with E-state index in [1.807, 2.05) is 13.2 Å². The van der Waals surface area contributed by atoms with E-state index in [1.165, 1.54) is 0 Å². The van der Waals surface area contributed by atoms with Gasteiger partial charge in [0.05, 0.1) is 5.69 Å². The zero-order valence-corrected chi connectivity index (χ0v) is 10.9. The predicted molar refractivity (Wildman–Crippen MR) is 64.5 cm³/mol. The molecule has 0 bridgehead atoms. The molecule has 2 atom stereocenters. The van der Waals surface area contributed by atoms with E-state index in [0.29, 0.717) is 12.8 Å². The minimum Gasteiger partial charge on any atom is -0.316 e. The van der Waals surface area contributed by atoms with Gasteiger partial charge in [-0.15, -0.1) is 5.10 Å². The molecule has 2 unspecified atom stereocenters. The Kier molecular flexibility index (Phi) is 3.94. The molecule has 0 aromatic carbocycles. The lowest BCUT2D eigenvalue weighted by molar-refractivity contribution is -0.0577. The third kappa shape index (κ3) is 3.25. The Bertz CT molecular complexity index is 391. The third-order valence-corrected chi connectivity index (χ3v) is 3.70. The zero-order chi connectivity index (χ0) is 13.2. The monoisotopic (exact) mass is 258 g/mol. The smallest absolute Gasteiger partial charge is 0.248 e. The van der Waals surface area contributed by atoms with Gasteiger partial charge in [0.25, 0.3) is 0 Å². The van der Waals surface area contributed by atoms with E-state index >= 15 is 0 Å². The highest BCUT2D eigenvalue weighted by atomic mass is 19.3. The first-order valence-corrected chi connectivity index (χ1v) is 6.40. The Balaban J connectivity index is 1.99. The van der Waals surface area contributed by atoms with Gasteiger partial charge in [-0.05, 0) is 25.8 Å². The van der Waals surface area contributed by atoms with Crippen LogP contribution in [0.25, 0.3) is 0 Å². The summed E-state index contributed by atoms with van der Waals surface area (Å²) in [5.41, 5.74) is 0.853. The second-order valence-corrected chi connectivity index (χ2v) is 5.20. The van der Waals surface area contributed by atoms with Crippen LogP contribution in [0.2, 0.25) is 0 Å². The summed E-state index contributed by atoms with van der Waals surface area (Å²) < 4.78 is 28.5. The molecule has 1 heterocycles. The SMILES string of the molecule is CNC(Cc1cn(C)nn1)C1CCCC(F)(F)C1. The van der Waals surface area contributed by atoms with Gasteiger partial charge in [-0.25, -0.2) is 8.78 Å². The molecule has 0 radical (unpaired) electrons. The average Bonchev–Trinajstić information content (AvgIpc) is 2.70. The Morgan fingerprint density at radius 1 is 1.61 bits per heavy atom. The maximum absolute atomic E-state index is 13.4. The standard InChI is InChI=1S/C12H20F2N4/c1-15-11(6-10-8-18(2)17-16-10)9-4-3-5-12(13,14)7-9/h8-9,11,15H,3-7H2,1-2H3. The van der Waals surface area contributed by atoms with E-state index in [0.717, 1.165) is 12.1 Å². The van der Waals surface area contributed by atoms with Gasteiger partial charge in [0.2, 0.25) is 5.92 Å². The number of rotatable bonds is 4. The molecule has 0 amide bonds. The summed E-state index contributed by atoms with van der Waals surface area (Å²) in [4.78, 5) is 0. The van der Waals surface area contributed by atoms with Gasteiger partial charge in [0, 0.05) is 38.5 Å². The maximum atomic E-state index is 13.4. The summed E-state index contributed by atoms with van der Waals surface area (Å²) in [5, 5.41) is 11.0. The molecule has 2 rings (SSSR count). The molecule has 1 aromatic rings. The maximum Gasteiger partial charge on any atom is 0.248 e. The molecule has 0 aliphatic heterocycles. The van der Waals surface area contributed by atoms with Crippen molar-refractivity contribution in [2.24, 2.45) is 13.0 Å². The van der Waals surface area contributed by atoms with Crippen molar-refractivity contribution in [3.05, 3.63) is 11.9 Å². The van der Waals surface area contributed by atoms with E-state index in [2.05, 4.69) is 15.6 Å². The highest BCUT2D eigenvalue weighted by molar-refractivity contribution is 4.98. The molecule has 0 spiro atoms. The fraction of sp³-hybridized carbons (Fsp3) is 0.833. The van der Waals surface area contributed by atoms with Gasteiger partial charge >= 0.3 is 0 Å². The topological polar surface area (TPSA) is 42.7 Å². The first-order valence-electron chi connectivity index (χ1n) is 6.40. The number of aromatic nitrogens is 3. The predicted octanol–water partition coefficient (Wildman–Crippen LogP) is 1.77. The molecule has 6 heteroatoms. The van der Waals surface area contributed by atoms with Crippen molar-refractivity contribution >= 4 is 0 Å². The molecule has 0 saturated heterocycles. The van der Waals surface area contributed by atoms with Crippen LogP contribution in [0.5, 0.6) is 0 Å². The lowest BCUT2D eigenvalue weighted by Crippen LogP contribution is -2.41. The Labute approximate surface area is 106 Å². The van der Waals surface area contributed by atoms with Crippen molar-refractivity contribution in [1.29, 1.82) is 0 Å². The minimum atomic E-state index is -2.50. The Morgan fingerprint density at radius 2 is 2.39 bits per heavy atom. The van der Waals surface area contributed by atoms with Crippen molar-refractivity contribution in [3.63, 3.8) is 0 Å². The molecule has 1 aromatic heterocycles. The fourth-order valence-electron chi connectivity index (χ4n) is 2.77. The van der Waals surface area contributed by atoms with Crippen LogP contribution in [-0.4, -0.2) is 34.0 Å². The largest absolute Gasteiger partial charge is 0.316 e. The first kappa shape index (κ1) is 13.4. The molecule has 1 saturated carbocycles. The molecule has 102 valence electrons. The molecule has 1 aliphatic carbocycles. The highest BCUT2D eigenvalue weighted by Gasteiger charge is 2.39. The molecule has 1 fully saturated rings. The number of halogens is 2. The van der Waals surface area contributed by atoms with Crippen LogP contribution in [0.4, 0.5) is 8.78 Å². The van der Waals surface area contributed by atoms with Crippen molar-refractivity contribution in [3.8, 4) is 0 Å². The summed E-state index contributed by atoms with van der Waals surface area (Å²) in [6, 6.07) is 0.0490. The first-order chi connectivity index (χ1) is 8.50. The van der Waals surface area contributed by atoms with Crippen molar-refractivity contribution < 1.29 is 8.78 Å². The normalized spacial score (nSPS) is 25.0. The lowest BCUT2D eigenvalue weighted by atomic mass is 9.80. The highest BCUT2D eigenvalue weighted by Crippen LogP contribution is 2.38. The number of hydrogen-bond donors (Lipinski definition) is 1. The number of hydrogen-bond acceptors (Lipinski definition) is 3. The van der Waals surface area contributed by atoms with Crippen LogP contribution < -0.4 is 5.32 Å². The Hall–Kier alpha value is -1.04. The second-order valence-electron chi connectivity index (χ2n) is 5.20. The third-order valence-electron chi connectivity index (χ3n) is 3.70. The summed E-state index contributed by atoms with van der Waals surface area (Å²) in [7, 11) is 3.63. The van der Waals surface area contributed by atoms with E-state index in [-0.39, 0.29) is 24.8 Å². The molecular formula is C12H20F2N4. The van der Waals surface area contributed by atoms with Gasteiger partial charge < -0.3 is 5.32 Å². The number of nitrogens with zero attached hydrogens (tertiary/aromatic N) is 3. The summed E-state index contributed by atoms with van der Waals surface area (Å²) in [6.07, 6.45) is 3.98. The number of likely N-dealkylation sites (N-methyl/N-ethyl adjacent to an activating group) is 1. The number of nitrogens with one attached hydrogen (secondary N) is 1. The minimum absolute atomic E-state index is 0.0146. The van der Waals surface area contributed by atoms with Crippen molar-refractivity contribution in [2.45, 2.75) is 44.1 Å². The fourth-order valence-corrected chi connectivity index (χ4v) is 2.77. The van der Waals surface area contributed by atoms with Gasteiger partial charge in [0.1, 0.15) is 0 Å². The average molecular weight is 258 g/mol. The number of aryl methyl sites for hydroxylation is 1. The molecule has 18 heavy (non-hydrogen) atoms. The van der Waals surface area contributed by atoms with Gasteiger partial charge in [0.15, 0.2) is 0 Å². The number of alkyl halides is 2. The molecular weight excluding hydrogens is 238 g/mol. The van der Waals surface area contributed by atoms with Crippen LogP contribution in [0.15, 0.2) is 6.20 Å². The quantitative estimate of drug-likeness (QED) is 0.895. The summed E-state index contributed by atoms with van der Waals surface area (Å²) in [6.45, 7) is 0. The molecule has 1 aliphatic rings. The zero-order valence-electron chi connectivity index (χ0n) is 10.9. The van der Waals surface area contributed by atoms with Gasteiger partial charge in [-0.3, -0.25) is 4.68 Å². The Morgan fingerprint density at radius 3 is 2.94 bits per heavy atom. The molecule has 4 nitrogen and oxygen atoms in total. The van der Waals surface area contributed by atoms with E-state index in [1.54, 1.807) is 11.7 Å². The van der Waals surface area contributed by atoms with Gasteiger partial charge in [-0.1, -0.05) is 5.21 Å². The van der Waals surface area contributed by atoms with Crippen LogP contribution in [0.1, 0.15) is 31.4 Å². The summed E-state index contributed by atoms with van der Waals surface area (Å²) >= 11 is 0. The summed E-state index contributed by atoms with van der Waals surface area (Å²) in [5.74, 6) is -2.49. The van der Waals surface area contributed by atoms with Crippen LogP contribution >= 0.6 is 0 Å². The van der Waals surface area contributed by atoms with Crippen LogP contribution in [0.3, 0.4) is 0 Å². The van der Waals surface area contributed by atoms with Crippen molar-refractivity contribution in [2.75, 3.05) is 7.05 Å². The van der Waals surface area contributed by atoms with Crippen LogP contribution in [0, 0.1) is 5.92 Å². The molecule has 1 N–H and O–H groups in total. The van der Waals surface area contributed by atoms with Gasteiger partial charge in [-0.2, -0.15) is 0 Å². The van der Waals surface area contributed by atoms with E-state index < -0.39 is 5.92 Å². The van der Waals surface area contributed by atoms with E-state index in [4.69, 9.17) is 0 Å². The van der Waals surface area contributed by atoms with E-state index in [9.17, 15) is 8.78 Å². The van der Waals surface area contributed by atoms with Crippen molar-refractivity contribution in [1.82, 2.24) is 20.3 Å².